The number of hydrogen-bond donors (Lipinski definition) is 1. The highest BCUT2D eigenvalue weighted by atomic mass is 32.1. The number of amides is 1. The van der Waals surface area contributed by atoms with Crippen LogP contribution in [0.25, 0.3) is 0 Å². The smallest absolute Gasteiger partial charge is 0.225 e. The van der Waals surface area contributed by atoms with Gasteiger partial charge in [-0.05, 0) is 40.5 Å². The Kier molecular flexibility index (Phi) is 6.17. The lowest BCUT2D eigenvalue weighted by atomic mass is 9.98. The molecule has 0 unspecified atom stereocenters. The highest BCUT2D eigenvalue weighted by Gasteiger charge is 2.26. The van der Waals surface area contributed by atoms with E-state index in [1.54, 1.807) is 23.2 Å². The molecule has 1 aliphatic heterocycles. The Morgan fingerprint density at radius 1 is 1.43 bits per heavy atom. The molecule has 1 fully saturated rings. The average molecular weight is 339 g/mol. The minimum absolute atomic E-state index is 0.0518. The summed E-state index contributed by atoms with van der Waals surface area (Å²) in [5.41, 5.74) is 1.30. The first-order valence-corrected chi connectivity index (χ1v) is 9.40. The molecule has 0 saturated carbocycles. The number of piperidine rings is 1. The van der Waals surface area contributed by atoms with Crippen LogP contribution < -0.4 is 10.2 Å². The summed E-state index contributed by atoms with van der Waals surface area (Å²) in [4.78, 5) is 20.4. The molecule has 0 spiro atoms. The average Bonchev–Trinajstić information content (AvgIpc) is 2.93. The Labute approximate surface area is 144 Å². The maximum absolute atomic E-state index is 11.6. The molecule has 0 atom stereocenters. The number of carbonyl (C=O) groups excluding carboxylic acids is 1. The molecule has 1 amide bonds. The van der Waals surface area contributed by atoms with Crippen molar-refractivity contribution in [3.63, 3.8) is 0 Å². The molecule has 130 valence electrons. The van der Waals surface area contributed by atoms with E-state index in [0.717, 1.165) is 30.5 Å². The first-order valence-electron chi connectivity index (χ1n) is 8.52. The second-order valence-corrected chi connectivity index (χ2v) is 8.03. The molecule has 1 aliphatic rings. The first kappa shape index (κ1) is 18.4. The van der Waals surface area contributed by atoms with E-state index in [1.165, 1.54) is 12.8 Å². The highest BCUT2D eigenvalue weighted by molar-refractivity contribution is 7.14. The van der Waals surface area contributed by atoms with E-state index >= 15 is 0 Å². The van der Waals surface area contributed by atoms with Crippen molar-refractivity contribution in [2.75, 3.05) is 24.5 Å². The summed E-state index contributed by atoms with van der Waals surface area (Å²) in [6.45, 7) is 14.2. The fraction of sp³-hybridized carbons (Fsp3) is 0.765. The third-order valence-corrected chi connectivity index (χ3v) is 5.39. The molecule has 6 heteroatoms. The van der Waals surface area contributed by atoms with Gasteiger partial charge in [0.25, 0.3) is 0 Å². The van der Waals surface area contributed by atoms with E-state index in [2.05, 4.69) is 41.4 Å². The Hall–Kier alpha value is -0.980. The van der Waals surface area contributed by atoms with Crippen LogP contribution in [0.5, 0.6) is 0 Å². The molecular formula is C17H30N4OS. The van der Waals surface area contributed by atoms with Gasteiger partial charge in [0.05, 0.1) is 5.69 Å². The molecule has 1 saturated heterocycles. The zero-order valence-electron chi connectivity index (χ0n) is 15.1. The molecule has 0 radical (unpaired) electrons. The van der Waals surface area contributed by atoms with Crippen LogP contribution in [0, 0.1) is 0 Å². The van der Waals surface area contributed by atoms with Gasteiger partial charge in [-0.15, -0.1) is 11.3 Å². The normalized spacial score (nSPS) is 17.4. The summed E-state index contributed by atoms with van der Waals surface area (Å²) in [5, 5.41) is 6.48. The lowest BCUT2D eigenvalue weighted by Gasteiger charge is -2.41. The SMILES string of the molecule is CCN(C(C)=O)c1nc(CNC2CCN(C(C)(C)C)CC2)cs1. The van der Waals surface area contributed by atoms with Gasteiger partial charge in [0.1, 0.15) is 0 Å². The molecular weight excluding hydrogens is 308 g/mol. The molecule has 1 aromatic heterocycles. The van der Waals surface area contributed by atoms with Crippen molar-refractivity contribution in [3.05, 3.63) is 11.1 Å². The molecule has 0 aromatic carbocycles. The number of anilines is 1. The Balaban J connectivity index is 1.81. The maximum Gasteiger partial charge on any atom is 0.225 e. The quantitative estimate of drug-likeness (QED) is 0.897. The fourth-order valence-corrected chi connectivity index (χ4v) is 3.93. The van der Waals surface area contributed by atoms with Gasteiger partial charge in [-0.2, -0.15) is 0 Å². The van der Waals surface area contributed by atoms with Gasteiger partial charge < -0.3 is 5.32 Å². The fourth-order valence-electron chi connectivity index (χ4n) is 3.00. The highest BCUT2D eigenvalue weighted by Crippen LogP contribution is 2.22. The summed E-state index contributed by atoms with van der Waals surface area (Å²) in [5.74, 6) is 0.0518. The number of rotatable bonds is 5. The van der Waals surface area contributed by atoms with E-state index < -0.39 is 0 Å². The molecule has 1 N–H and O–H groups in total. The van der Waals surface area contributed by atoms with Gasteiger partial charge in [0, 0.05) is 50.1 Å². The van der Waals surface area contributed by atoms with Gasteiger partial charge in [-0.25, -0.2) is 4.98 Å². The van der Waals surface area contributed by atoms with Crippen LogP contribution in [0.3, 0.4) is 0 Å². The first-order chi connectivity index (χ1) is 10.8. The lowest BCUT2D eigenvalue weighted by molar-refractivity contribution is -0.116. The topological polar surface area (TPSA) is 48.5 Å². The van der Waals surface area contributed by atoms with Crippen molar-refractivity contribution >= 4 is 22.4 Å². The zero-order chi connectivity index (χ0) is 17.0. The van der Waals surface area contributed by atoms with Crippen LogP contribution in [-0.4, -0.2) is 47.0 Å². The molecule has 23 heavy (non-hydrogen) atoms. The van der Waals surface area contributed by atoms with Crippen molar-refractivity contribution in [2.24, 2.45) is 0 Å². The standard InChI is InChI=1S/C17H30N4OS/c1-6-21(13(2)22)16-19-15(12-23-16)11-18-14-7-9-20(10-8-14)17(3,4)5/h12,14,18H,6-11H2,1-5H3. The van der Waals surface area contributed by atoms with Crippen molar-refractivity contribution in [1.82, 2.24) is 15.2 Å². The van der Waals surface area contributed by atoms with Crippen LogP contribution in [0.4, 0.5) is 5.13 Å². The molecule has 2 heterocycles. The molecule has 1 aromatic rings. The second-order valence-electron chi connectivity index (χ2n) is 7.20. The molecule has 0 aliphatic carbocycles. The van der Waals surface area contributed by atoms with Gasteiger partial charge in [0.15, 0.2) is 5.13 Å². The van der Waals surface area contributed by atoms with Crippen molar-refractivity contribution in [1.29, 1.82) is 0 Å². The number of nitrogens with zero attached hydrogens (tertiary/aromatic N) is 3. The predicted octanol–water partition coefficient (Wildman–Crippen LogP) is 2.87. The van der Waals surface area contributed by atoms with E-state index in [9.17, 15) is 4.79 Å². The number of hydrogen-bond acceptors (Lipinski definition) is 5. The van der Waals surface area contributed by atoms with Crippen LogP contribution in [0.15, 0.2) is 5.38 Å². The summed E-state index contributed by atoms with van der Waals surface area (Å²) in [6, 6.07) is 0.564. The Morgan fingerprint density at radius 2 is 2.09 bits per heavy atom. The van der Waals surface area contributed by atoms with Gasteiger partial charge in [-0.3, -0.25) is 14.6 Å². The van der Waals surface area contributed by atoms with E-state index in [0.29, 0.717) is 12.6 Å². The molecule has 5 nitrogen and oxygen atoms in total. The predicted molar refractivity (Wildman–Crippen MR) is 97.0 cm³/mol. The summed E-state index contributed by atoms with van der Waals surface area (Å²) in [7, 11) is 0. The number of likely N-dealkylation sites (tertiary alicyclic amines) is 1. The second kappa shape index (κ2) is 7.73. The minimum Gasteiger partial charge on any atom is -0.308 e. The van der Waals surface area contributed by atoms with E-state index in [4.69, 9.17) is 0 Å². The van der Waals surface area contributed by atoms with Crippen LogP contribution in [-0.2, 0) is 11.3 Å². The monoisotopic (exact) mass is 338 g/mol. The number of aromatic nitrogens is 1. The molecule has 0 bridgehead atoms. The summed E-state index contributed by atoms with van der Waals surface area (Å²) < 4.78 is 0. The Morgan fingerprint density at radius 3 is 2.61 bits per heavy atom. The van der Waals surface area contributed by atoms with Gasteiger partial charge in [0.2, 0.25) is 5.91 Å². The Bertz CT molecular complexity index is 515. The van der Waals surface area contributed by atoms with Gasteiger partial charge in [-0.1, -0.05) is 0 Å². The van der Waals surface area contributed by atoms with Crippen molar-refractivity contribution in [3.8, 4) is 0 Å². The number of carbonyl (C=O) groups is 1. The van der Waals surface area contributed by atoms with Crippen molar-refractivity contribution < 1.29 is 4.79 Å². The largest absolute Gasteiger partial charge is 0.308 e. The third kappa shape index (κ3) is 4.99. The zero-order valence-corrected chi connectivity index (χ0v) is 15.9. The number of thiazole rings is 1. The number of nitrogens with one attached hydrogen (secondary N) is 1. The van der Waals surface area contributed by atoms with Crippen LogP contribution in [0.1, 0.15) is 53.2 Å². The van der Waals surface area contributed by atoms with E-state index in [1.807, 2.05) is 6.92 Å². The summed E-state index contributed by atoms with van der Waals surface area (Å²) >= 11 is 1.55. The third-order valence-electron chi connectivity index (χ3n) is 4.48. The lowest BCUT2D eigenvalue weighted by Crippen LogP contribution is -2.49. The van der Waals surface area contributed by atoms with Gasteiger partial charge >= 0.3 is 0 Å². The molecule has 2 rings (SSSR count). The summed E-state index contributed by atoms with van der Waals surface area (Å²) in [6.07, 6.45) is 2.37. The van der Waals surface area contributed by atoms with E-state index in [-0.39, 0.29) is 11.4 Å². The van der Waals surface area contributed by atoms with Crippen LogP contribution >= 0.6 is 11.3 Å². The van der Waals surface area contributed by atoms with Crippen LogP contribution in [0.2, 0.25) is 0 Å². The maximum atomic E-state index is 11.6. The van der Waals surface area contributed by atoms with Crippen molar-refractivity contribution in [2.45, 2.75) is 65.6 Å². The minimum atomic E-state index is 0.0518.